The highest BCUT2D eigenvalue weighted by atomic mass is 35.5. The molecule has 13 aromatic carbocycles. The van der Waals surface area contributed by atoms with E-state index in [1.807, 2.05) is 0 Å². The summed E-state index contributed by atoms with van der Waals surface area (Å²) in [5.41, 5.74) is 29.9. The summed E-state index contributed by atoms with van der Waals surface area (Å²) in [6, 6.07) is 106. The number of benzene rings is 13. The lowest BCUT2D eigenvalue weighted by Gasteiger charge is -2.48. The molecule has 0 amide bonds. The van der Waals surface area contributed by atoms with Gasteiger partial charge in [0.1, 0.15) is 0 Å². The second-order valence-electron chi connectivity index (χ2n) is 24.0. The van der Waals surface area contributed by atoms with Crippen LogP contribution in [0.2, 0.25) is 15.1 Å². The Kier molecular flexibility index (Phi) is 11.4. The van der Waals surface area contributed by atoms with Crippen LogP contribution >= 0.6 is 34.8 Å². The van der Waals surface area contributed by atoms with Crippen molar-refractivity contribution in [1.82, 2.24) is 0 Å². The van der Waals surface area contributed by atoms with Gasteiger partial charge < -0.3 is 29.4 Å². The molecule has 90 heavy (non-hydrogen) atoms. The largest absolute Gasteiger partial charge is 0.311 e. The van der Waals surface area contributed by atoms with Gasteiger partial charge in [-0.3, -0.25) is 0 Å². The van der Waals surface area contributed by atoms with Crippen molar-refractivity contribution in [2.45, 2.75) is 0 Å². The van der Waals surface area contributed by atoms with Gasteiger partial charge in [0.2, 0.25) is 0 Å². The van der Waals surface area contributed by atoms with Gasteiger partial charge in [-0.15, -0.1) is 0 Å². The molecule has 0 N–H and O–H groups in total. The fraction of sp³-hybridized carbons (Fsp3) is 0. The van der Waals surface area contributed by atoms with E-state index in [-0.39, 0.29) is 20.1 Å². The maximum absolute atomic E-state index is 7.69. The molecule has 0 spiro atoms. The number of rotatable bonds is 6. The van der Waals surface area contributed by atoms with E-state index in [0.29, 0.717) is 15.1 Å². The second kappa shape index (κ2) is 19.9. The summed E-state index contributed by atoms with van der Waals surface area (Å²) in [6.45, 7) is -0.653. The van der Waals surface area contributed by atoms with E-state index >= 15 is 0 Å². The topological polar surface area (TPSA) is 19.4 Å². The highest BCUT2D eigenvalue weighted by Crippen LogP contribution is 2.52. The zero-order valence-electron chi connectivity index (χ0n) is 48.3. The van der Waals surface area contributed by atoms with Crippen molar-refractivity contribution in [2.75, 3.05) is 29.4 Å². The SMILES string of the molecule is Clc1cc2c3c(c1)N(c1ccccc1)c1cc4c(cc1B3c1ccccc1N2c1ccccc1)B1c2cc3c(cc2N(c2ccccc2)c2cc(Cl)cc(c21)N4c1ccccc1)N(c1ccccc1)c1cc(Cl)cc2c1B3c1ccccc1N2c1ccccc1. The Morgan fingerprint density at radius 2 is 0.378 bits per heavy atom. The first-order chi connectivity index (χ1) is 44.4. The van der Waals surface area contributed by atoms with Crippen LogP contribution in [0.5, 0.6) is 0 Å². The minimum absolute atomic E-state index is 0.181. The quantitative estimate of drug-likeness (QED) is 0.153. The minimum atomic E-state index is -0.292. The number of fused-ring (bicyclic) bond motifs is 12. The van der Waals surface area contributed by atoms with Gasteiger partial charge in [0.25, 0.3) is 20.1 Å². The molecule has 6 nitrogen and oxygen atoms in total. The Labute approximate surface area is 538 Å². The van der Waals surface area contributed by atoms with Crippen LogP contribution in [0, 0.1) is 0 Å². The Morgan fingerprint density at radius 1 is 0.178 bits per heavy atom. The molecule has 0 aromatic heterocycles. The zero-order valence-corrected chi connectivity index (χ0v) is 50.5. The molecule has 0 unspecified atom stereocenters. The monoisotopic (exact) mass is 1210 g/mol. The first-order valence-corrected chi connectivity index (χ1v) is 31.7. The van der Waals surface area contributed by atoms with E-state index in [2.05, 4.69) is 321 Å². The summed E-state index contributed by atoms with van der Waals surface area (Å²) in [6.07, 6.45) is 0. The molecule has 420 valence electrons. The van der Waals surface area contributed by atoms with Crippen LogP contribution in [0.1, 0.15) is 0 Å². The molecule has 0 atom stereocenters. The maximum atomic E-state index is 7.69. The molecule has 13 aromatic rings. The van der Waals surface area contributed by atoms with E-state index in [0.717, 1.165) is 102 Å². The van der Waals surface area contributed by atoms with Crippen LogP contribution in [0.15, 0.2) is 291 Å². The van der Waals surface area contributed by atoms with Gasteiger partial charge >= 0.3 is 0 Å². The third-order valence-corrected chi connectivity index (χ3v) is 19.9. The van der Waals surface area contributed by atoms with Crippen molar-refractivity contribution >= 4 is 206 Å². The van der Waals surface area contributed by atoms with Crippen molar-refractivity contribution in [1.29, 1.82) is 0 Å². The summed E-state index contributed by atoms with van der Waals surface area (Å²) in [4.78, 5) is 14.7. The number of para-hydroxylation sites is 8. The Hall–Kier alpha value is -10.3. The van der Waals surface area contributed by atoms with Gasteiger partial charge in [-0.05, 0) is 183 Å². The molecule has 19 rings (SSSR count). The lowest BCUT2D eigenvalue weighted by atomic mass is 9.29. The highest BCUT2D eigenvalue weighted by molar-refractivity contribution is 7.04. The van der Waals surface area contributed by atoms with Crippen molar-refractivity contribution in [3.63, 3.8) is 0 Å². The first kappa shape index (κ1) is 51.7. The molecule has 6 heterocycles. The lowest BCUT2D eigenvalue weighted by Crippen LogP contribution is -2.66. The molecule has 6 aliphatic rings. The van der Waals surface area contributed by atoms with Gasteiger partial charge in [0.15, 0.2) is 0 Å². The van der Waals surface area contributed by atoms with E-state index in [1.54, 1.807) is 0 Å². The van der Waals surface area contributed by atoms with Gasteiger partial charge in [0.05, 0.1) is 0 Å². The summed E-state index contributed by atoms with van der Waals surface area (Å²) in [5, 5.41) is 1.96. The summed E-state index contributed by atoms with van der Waals surface area (Å²) in [7, 11) is 0. The number of anilines is 18. The van der Waals surface area contributed by atoms with Crippen molar-refractivity contribution < 1.29 is 0 Å². The van der Waals surface area contributed by atoms with Crippen LogP contribution in [0.4, 0.5) is 102 Å². The lowest BCUT2D eigenvalue weighted by molar-refractivity contribution is 1.23. The molecule has 0 aliphatic carbocycles. The van der Waals surface area contributed by atoms with E-state index in [9.17, 15) is 0 Å². The van der Waals surface area contributed by atoms with Crippen LogP contribution in [-0.2, 0) is 0 Å². The predicted octanol–water partition coefficient (Wildman–Crippen LogP) is 15.9. The average Bonchev–Trinajstić information content (AvgIpc) is 0.695. The second-order valence-corrected chi connectivity index (χ2v) is 25.3. The fourth-order valence-corrected chi connectivity index (χ4v) is 16.5. The van der Waals surface area contributed by atoms with Gasteiger partial charge in [-0.25, -0.2) is 0 Å². The van der Waals surface area contributed by atoms with Gasteiger partial charge in [0, 0.05) is 117 Å². The first-order valence-electron chi connectivity index (χ1n) is 30.6. The van der Waals surface area contributed by atoms with Crippen LogP contribution in [0.25, 0.3) is 0 Å². The molecule has 12 heteroatoms. The predicted molar refractivity (Wildman–Crippen MR) is 384 cm³/mol. The molecule has 6 aliphatic heterocycles. The minimum Gasteiger partial charge on any atom is -0.311 e. The smallest absolute Gasteiger partial charge is 0.252 e. The third kappa shape index (κ3) is 7.46. The Bertz CT molecular complexity index is 4810. The molecular weight excluding hydrogens is 1160 g/mol. The summed E-state index contributed by atoms with van der Waals surface area (Å²) in [5.74, 6) is 0. The molecule has 0 radical (unpaired) electrons. The normalized spacial score (nSPS) is 14.0. The number of halogens is 3. The van der Waals surface area contributed by atoms with Crippen LogP contribution in [-0.4, -0.2) is 20.1 Å². The molecule has 0 saturated heterocycles. The van der Waals surface area contributed by atoms with Crippen LogP contribution in [0.3, 0.4) is 0 Å². The zero-order chi connectivity index (χ0) is 59.5. The summed E-state index contributed by atoms with van der Waals surface area (Å²) < 4.78 is 0. The molecule has 0 bridgehead atoms. The fourth-order valence-electron chi connectivity index (χ4n) is 15.9. The average molecular weight is 1210 g/mol. The van der Waals surface area contributed by atoms with Gasteiger partial charge in [-0.1, -0.05) is 193 Å². The number of hydrogen-bond donors (Lipinski definition) is 0. The van der Waals surface area contributed by atoms with Crippen molar-refractivity contribution in [2.24, 2.45) is 0 Å². The molecule has 0 saturated carbocycles. The van der Waals surface area contributed by atoms with Gasteiger partial charge in [-0.2, -0.15) is 0 Å². The van der Waals surface area contributed by atoms with Crippen molar-refractivity contribution in [3.8, 4) is 0 Å². The van der Waals surface area contributed by atoms with E-state index in [1.165, 1.54) is 49.2 Å². The maximum Gasteiger partial charge on any atom is 0.252 e. The molecule has 0 fully saturated rings. The Morgan fingerprint density at radius 3 is 0.622 bits per heavy atom. The van der Waals surface area contributed by atoms with Crippen LogP contribution < -0.4 is 78.6 Å². The molecular formula is C78H48B3Cl3N6. The Balaban J connectivity index is 0.942. The van der Waals surface area contributed by atoms with E-state index in [4.69, 9.17) is 34.8 Å². The standard InChI is InChI=1S/C78H48B3Cl3N6/c82-49-39-70-76-72(41-49)87(54-27-11-3-12-28-54)66-47-68-62(45-60(66)79(76)58-35-19-21-37-64(58)85(70)52-23-7-1-8-24-52)81-63-46-61-67(48-69(63)90(57-33-17-6-18-34-57)75-44-51(84)43-74(78(75)81)89(68)56-31-15-5-16-32-56)88(55-29-13-4-14-30-55)73-42-50(83)40-71-77(73)80(61)59-36-20-22-38-65(59)86(71)53-25-9-2-10-26-53/h1-48H. The highest BCUT2D eigenvalue weighted by Gasteiger charge is 2.51. The van der Waals surface area contributed by atoms with E-state index < -0.39 is 0 Å². The van der Waals surface area contributed by atoms with Crippen molar-refractivity contribution in [3.05, 3.63) is 306 Å². The number of hydrogen-bond acceptors (Lipinski definition) is 6. The third-order valence-electron chi connectivity index (χ3n) is 19.2. The number of nitrogens with zero attached hydrogens (tertiary/aromatic N) is 6. The summed E-state index contributed by atoms with van der Waals surface area (Å²) >= 11 is 22.7.